The Kier molecular flexibility index (Phi) is 2.47. The van der Waals surface area contributed by atoms with Crippen LogP contribution in [0, 0.1) is 11.8 Å². The molecule has 2 fully saturated rings. The number of hydrogen-bond donors (Lipinski definition) is 1. The highest BCUT2D eigenvalue weighted by atomic mass is 32.1. The van der Waals surface area contributed by atoms with Crippen molar-refractivity contribution in [3.05, 3.63) is 35.7 Å². The molecule has 1 aromatic carbocycles. The Bertz CT molecular complexity index is 410. The zero-order chi connectivity index (χ0) is 10.1. The average molecular weight is 217 g/mol. The Morgan fingerprint density at radius 3 is 2.47 bits per heavy atom. The van der Waals surface area contributed by atoms with Gasteiger partial charge in [-0.1, -0.05) is 18.2 Å². The summed E-state index contributed by atoms with van der Waals surface area (Å²) in [7, 11) is 0. The quantitative estimate of drug-likeness (QED) is 0.715. The minimum atomic E-state index is 1.10. The Balaban J connectivity index is 0.000000104. The van der Waals surface area contributed by atoms with Crippen molar-refractivity contribution >= 4 is 21.4 Å². The fraction of sp³-hybridized carbons (Fsp3) is 0.385. The highest BCUT2D eigenvalue weighted by Gasteiger charge is 2.40. The maximum atomic E-state index is 3.32. The summed E-state index contributed by atoms with van der Waals surface area (Å²) in [5, 5.41) is 6.79. The lowest BCUT2D eigenvalue weighted by Crippen LogP contribution is -2.10. The summed E-state index contributed by atoms with van der Waals surface area (Å²) in [5.74, 6) is 2.20. The van der Waals surface area contributed by atoms with E-state index in [1.54, 1.807) is 11.3 Å². The van der Waals surface area contributed by atoms with E-state index in [9.17, 15) is 0 Å². The Hall–Kier alpha value is -0.860. The molecule has 2 aliphatic rings. The van der Waals surface area contributed by atoms with Gasteiger partial charge in [0.1, 0.15) is 0 Å². The van der Waals surface area contributed by atoms with Crippen LogP contribution in [0.4, 0.5) is 0 Å². The molecular formula is C13H15NS. The topological polar surface area (TPSA) is 12.0 Å². The van der Waals surface area contributed by atoms with E-state index < -0.39 is 0 Å². The van der Waals surface area contributed by atoms with Gasteiger partial charge in [0.15, 0.2) is 0 Å². The van der Waals surface area contributed by atoms with Gasteiger partial charge < -0.3 is 5.32 Å². The average Bonchev–Trinajstić information content (AvgIpc) is 2.73. The molecule has 1 N–H and O–H groups in total. The molecule has 2 heteroatoms. The van der Waals surface area contributed by atoms with Gasteiger partial charge in [0.25, 0.3) is 0 Å². The van der Waals surface area contributed by atoms with Crippen molar-refractivity contribution in [1.82, 2.24) is 5.32 Å². The maximum Gasteiger partial charge on any atom is 0.0342 e. The molecule has 1 aliphatic heterocycles. The van der Waals surface area contributed by atoms with Crippen molar-refractivity contribution in [2.75, 3.05) is 13.1 Å². The minimum Gasteiger partial charge on any atom is -0.316 e. The summed E-state index contributed by atoms with van der Waals surface area (Å²) in [4.78, 5) is 0. The van der Waals surface area contributed by atoms with Crippen molar-refractivity contribution in [3.63, 3.8) is 0 Å². The molecule has 78 valence electrons. The van der Waals surface area contributed by atoms with E-state index in [0.29, 0.717) is 0 Å². The van der Waals surface area contributed by atoms with Crippen molar-refractivity contribution < 1.29 is 0 Å². The first-order valence-corrected chi connectivity index (χ1v) is 6.44. The summed E-state index contributed by atoms with van der Waals surface area (Å²) in [5.41, 5.74) is 0. The van der Waals surface area contributed by atoms with E-state index >= 15 is 0 Å². The first-order chi connectivity index (χ1) is 7.43. The lowest BCUT2D eigenvalue weighted by atomic mass is 10.3. The first kappa shape index (κ1) is 9.37. The van der Waals surface area contributed by atoms with Crippen LogP contribution < -0.4 is 5.32 Å². The molecule has 2 heterocycles. The monoisotopic (exact) mass is 217 g/mol. The maximum absolute atomic E-state index is 3.32. The summed E-state index contributed by atoms with van der Waals surface area (Å²) >= 11 is 1.79. The fourth-order valence-electron chi connectivity index (χ4n) is 2.17. The first-order valence-electron chi connectivity index (χ1n) is 5.56. The van der Waals surface area contributed by atoms with Gasteiger partial charge in [0.05, 0.1) is 0 Å². The van der Waals surface area contributed by atoms with E-state index in [1.165, 1.54) is 29.6 Å². The molecule has 1 aliphatic carbocycles. The Labute approximate surface area is 94.1 Å². The van der Waals surface area contributed by atoms with Crippen molar-refractivity contribution in [2.45, 2.75) is 6.42 Å². The second-order valence-electron chi connectivity index (χ2n) is 4.37. The van der Waals surface area contributed by atoms with E-state index in [0.717, 1.165) is 11.8 Å². The van der Waals surface area contributed by atoms with Gasteiger partial charge in [-0.2, -0.15) is 0 Å². The Morgan fingerprint density at radius 1 is 1.07 bits per heavy atom. The van der Waals surface area contributed by atoms with Gasteiger partial charge in [0, 0.05) is 4.70 Å². The number of benzene rings is 1. The second kappa shape index (κ2) is 3.95. The third kappa shape index (κ3) is 2.06. The summed E-state index contributed by atoms with van der Waals surface area (Å²) in [6.07, 6.45) is 1.52. The van der Waals surface area contributed by atoms with Crippen molar-refractivity contribution in [3.8, 4) is 0 Å². The van der Waals surface area contributed by atoms with E-state index in [-0.39, 0.29) is 0 Å². The van der Waals surface area contributed by atoms with Crippen molar-refractivity contribution in [2.24, 2.45) is 11.8 Å². The number of fused-ring (bicyclic) bond motifs is 2. The number of rotatable bonds is 0. The van der Waals surface area contributed by atoms with Gasteiger partial charge in [-0.3, -0.25) is 0 Å². The number of piperidine rings is 1. The van der Waals surface area contributed by atoms with Crippen molar-refractivity contribution in [1.29, 1.82) is 0 Å². The fourth-order valence-corrected chi connectivity index (χ4v) is 2.96. The lowest BCUT2D eigenvalue weighted by Gasteiger charge is -1.87. The zero-order valence-electron chi connectivity index (χ0n) is 8.65. The normalized spacial score (nSPS) is 26.9. The Morgan fingerprint density at radius 2 is 1.87 bits per heavy atom. The molecule has 0 radical (unpaired) electrons. The van der Waals surface area contributed by atoms with Gasteiger partial charge in [-0.15, -0.1) is 11.3 Å². The number of nitrogens with one attached hydrogen (secondary N) is 1. The van der Waals surface area contributed by atoms with Crippen LogP contribution in [0.5, 0.6) is 0 Å². The van der Waals surface area contributed by atoms with E-state index in [1.807, 2.05) is 0 Å². The van der Waals surface area contributed by atoms with Crippen LogP contribution in [-0.2, 0) is 0 Å². The molecule has 0 amide bonds. The van der Waals surface area contributed by atoms with Crippen LogP contribution in [0.15, 0.2) is 35.7 Å². The summed E-state index contributed by atoms with van der Waals surface area (Å²) < 4.78 is 1.37. The SMILES string of the molecule is C1NCC2CC12.c1ccc2sccc2c1. The molecule has 0 spiro atoms. The standard InChI is InChI=1S/C8H6S.C5H9N/c1-2-4-8-7(3-1)5-6-9-8;1-4-2-6-3-5(1)4/h1-6H;4-6H,1-3H2. The van der Waals surface area contributed by atoms with Crippen LogP contribution in [0.2, 0.25) is 0 Å². The molecule has 2 atom stereocenters. The van der Waals surface area contributed by atoms with E-state index in [2.05, 4.69) is 41.0 Å². The van der Waals surface area contributed by atoms with Gasteiger partial charge in [0.2, 0.25) is 0 Å². The molecule has 15 heavy (non-hydrogen) atoms. The van der Waals surface area contributed by atoms with Gasteiger partial charge in [-0.05, 0) is 54.2 Å². The van der Waals surface area contributed by atoms with Crippen LogP contribution in [0.3, 0.4) is 0 Å². The molecule has 1 aromatic heterocycles. The van der Waals surface area contributed by atoms with E-state index in [4.69, 9.17) is 0 Å². The van der Waals surface area contributed by atoms with Gasteiger partial charge in [-0.25, -0.2) is 0 Å². The molecular weight excluding hydrogens is 202 g/mol. The molecule has 4 rings (SSSR count). The number of hydrogen-bond acceptors (Lipinski definition) is 2. The van der Waals surface area contributed by atoms with Gasteiger partial charge >= 0.3 is 0 Å². The zero-order valence-corrected chi connectivity index (χ0v) is 9.46. The summed E-state index contributed by atoms with van der Waals surface area (Å²) in [6, 6.07) is 10.5. The molecule has 1 saturated heterocycles. The summed E-state index contributed by atoms with van der Waals surface area (Å²) in [6.45, 7) is 2.62. The molecule has 2 unspecified atom stereocenters. The number of thiophene rings is 1. The molecule has 2 aromatic rings. The lowest BCUT2D eigenvalue weighted by molar-refractivity contribution is 0.732. The predicted molar refractivity (Wildman–Crippen MR) is 66.3 cm³/mol. The van der Waals surface area contributed by atoms with Crippen LogP contribution in [0.1, 0.15) is 6.42 Å². The molecule has 0 bridgehead atoms. The molecule has 1 nitrogen and oxygen atoms in total. The smallest absolute Gasteiger partial charge is 0.0342 e. The highest BCUT2D eigenvalue weighted by Crippen LogP contribution is 2.40. The minimum absolute atomic E-state index is 1.10. The molecule has 1 saturated carbocycles. The van der Waals surface area contributed by atoms with Crippen LogP contribution in [0.25, 0.3) is 10.1 Å². The largest absolute Gasteiger partial charge is 0.316 e. The third-order valence-electron chi connectivity index (χ3n) is 3.24. The predicted octanol–water partition coefficient (Wildman–Crippen LogP) is 3.13. The van der Waals surface area contributed by atoms with Crippen LogP contribution in [-0.4, -0.2) is 13.1 Å². The highest BCUT2D eigenvalue weighted by molar-refractivity contribution is 7.17. The third-order valence-corrected chi connectivity index (χ3v) is 4.14. The second-order valence-corrected chi connectivity index (χ2v) is 5.32. The van der Waals surface area contributed by atoms with Crippen LogP contribution >= 0.6 is 11.3 Å².